The Morgan fingerprint density at radius 3 is 2.62 bits per heavy atom. The molecule has 1 aliphatic rings. The van der Waals surface area contributed by atoms with Crippen molar-refractivity contribution in [3.8, 4) is 0 Å². The SMILES string of the molecule is CC(C)(C)c1ccn(CC2CCOCC2)n1. The Morgan fingerprint density at radius 1 is 1.38 bits per heavy atom. The van der Waals surface area contributed by atoms with Crippen LogP contribution >= 0.6 is 0 Å². The van der Waals surface area contributed by atoms with Gasteiger partial charge in [-0.3, -0.25) is 4.68 Å². The summed E-state index contributed by atoms with van der Waals surface area (Å²) >= 11 is 0. The molecule has 1 saturated heterocycles. The fourth-order valence-corrected chi connectivity index (χ4v) is 2.06. The summed E-state index contributed by atoms with van der Waals surface area (Å²) in [6.07, 6.45) is 4.45. The smallest absolute Gasteiger partial charge is 0.0677 e. The fraction of sp³-hybridized carbons (Fsp3) is 0.769. The van der Waals surface area contributed by atoms with Crippen LogP contribution in [0.1, 0.15) is 39.3 Å². The van der Waals surface area contributed by atoms with Crippen LogP contribution in [0.25, 0.3) is 0 Å². The maximum atomic E-state index is 5.37. The van der Waals surface area contributed by atoms with Crippen LogP contribution in [0.2, 0.25) is 0 Å². The molecule has 0 N–H and O–H groups in total. The quantitative estimate of drug-likeness (QED) is 0.769. The molecule has 0 amide bonds. The number of hydrogen-bond donors (Lipinski definition) is 0. The van der Waals surface area contributed by atoms with Crippen molar-refractivity contribution in [3.63, 3.8) is 0 Å². The molecule has 1 aromatic heterocycles. The average molecular weight is 222 g/mol. The van der Waals surface area contributed by atoms with Crippen LogP contribution in [0.4, 0.5) is 0 Å². The van der Waals surface area contributed by atoms with Crippen molar-refractivity contribution in [3.05, 3.63) is 18.0 Å². The zero-order valence-electron chi connectivity index (χ0n) is 10.6. The summed E-state index contributed by atoms with van der Waals surface area (Å²) in [5.74, 6) is 0.737. The highest BCUT2D eigenvalue weighted by atomic mass is 16.5. The molecule has 0 radical (unpaired) electrons. The van der Waals surface area contributed by atoms with Gasteiger partial charge in [-0.2, -0.15) is 5.10 Å². The van der Waals surface area contributed by atoms with Crippen LogP contribution in [0, 0.1) is 5.92 Å². The van der Waals surface area contributed by atoms with Crippen molar-refractivity contribution < 1.29 is 4.74 Å². The molecular weight excluding hydrogens is 200 g/mol. The van der Waals surface area contributed by atoms with Gasteiger partial charge in [0.15, 0.2) is 0 Å². The molecule has 0 saturated carbocycles. The summed E-state index contributed by atoms with van der Waals surface area (Å²) in [4.78, 5) is 0. The van der Waals surface area contributed by atoms with Crippen molar-refractivity contribution in [2.75, 3.05) is 13.2 Å². The lowest BCUT2D eigenvalue weighted by molar-refractivity contribution is 0.0601. The van der Waals surface area contributed by atoms with Crippen molar-refractivity contribution >= 4 is 0 Å². The maximum absolute atomic E-state index is 5.37. The van der Waals surface area contributed by atoms with E-state index in [1.165, 1.54) is 18.5 Å². The summed E-state index contributed by atoms with van der Waals surface area (Å²) in [5.41, 5.74) is 1.33. The van der Waals surface area contributed by atoms with Gasteiger partial charge in [0.2, 0.25) is 0 Å². The lowest BCUT2D eigenvalue weighted by atomic mass is 9.93. The van der Waals surface area contributed by atoms with Gasteiger partial charge < -0.3 is 4.74 Å². The van der Waals surface area contributed by atoms with E-state index in [2.05, 4.69) is 42.8 Å². The Hall–Kier alpha value is -0.830. The second-order valence-corrected chi connectivity index (χ2v) is 5.73. The zero-order valence-corrected chi connectivity index (χ0v) is 10.6. The minimum atomic E-state index is 0.154. The first-order valence-corrected chi connectivity index (χ1v) is 6.17. The molecule has 2 rings (SSSR count). The number of nitrogens with zero attached hydrogens (tertiary/aromatic N) is 2. The molecule has 3 nitrogen and oxygen atoms in total. The summed E-state index contributed by atoms with van der Waals surface area (Å²) in [6.45, 7) is 9.48. The first-order valence-electron chi connectivity index (χ1n) is 6.17. The number of rotatable bonds is 2. The molecule has 90 valence electrons. The van der Waals surface area contributed by atoms with E-state index in [0.717, 1.165) is 25.7 Å². The van der Waals surface area contributed by atoms with E-state index in [1.54, 1.807) is 0 Å². The van der Waals surface area contributed by atoms with E-state index >= 15 is 0 Å². The maximum Gasteiger partial charge on any atom is 0.0677 e. The van der Waals surface area contributed by atoms with Gasteiger partial charge in [0, 0.05) is 31.4 Å². The molecule has 1 aliphatic heterocycles. The molecule has 1 fully saturated rings. The van der Waals surface area contributed by atoms with Crippen LogP contribution in [-0.4, -0.2) is 23.0 Å². The predicted molar refractivity (Wildman–Crippen MR) is 64.5 cm³/mol. The van der Waals surface area contributed by atoms with Gasteiger partial charge in [0.1, 0.15) is 0 Å². The van der Waals surface area contributed by atoms with Crippen LogP contribution in [0.5, 0.6) is 0 Å². The molecule has 2 heterocycles. The molecule has 0 spiro atoms. The molecule has 0 unspecified atom stereocenters. The van der Waals surface area contributed by atoms with Crippen LogP contribution in [0.3, 0.4) is 0 Å². The minimum Gasteiger partial charge on any atom is -0.381 e. The fourth-order valence-electron chi connectivity index (χ4n) is 2.06. The molecule has 1 aromatic rings. The van der Waals surface area contributed by atoms with E-state index in [1.807, 2.05) is 0 Å². The average Bonchev–Trinajstić information content (AvgIpc) is 2.67. The van der Waals surface area contributed by atoms with Gasteiger partial charge in [-0.15, -0.1) is 0 Å². The summed E-state index contributed by atoms with van der Waals surface area (Å²) < 4.78 is 7.46. The van der Waals surface area contributed by atoms with Crippen molar-refractivity contribution in [1.29, 1.82) is 0 Å². The molecule has 0 bridgehead atoms. The highest BCUT2D eigenvalue weighted by Gasteiger charge is 2.18. The van der Waals surface area contributed by atoms with Crippen molar-refractivity contribution in [1.82, 2.24) is 9.78 Å². The third-order valence-electron chi connectivity index (χ3n) is 3.20. The topological polar surface area (TPSA) is 27.1 Å². The van der Waals surface area contributed by atoms with E-state index in [9.17, 15) is 0 Å². The first kappa shape index (κ1) is 11.6. The van der Waals surface area contributed by atoms with Crippen molar-refractivity contribution in [2.24, 2.45) is 5.92 Å². The third-order valence-corrected chi connectivity index (χ3v) is 3.20. The van der Waals surface area contributed by atoms with Gasteiger partial charge in [0.05, 0.1) is 5.69 Å². The minimum absolute atomic E-state index is 0.154. The second-order valence-electron chi connectivity index (χ2n) is 5.73. The molecule has 3 heteroatoms. The van der Waals surface area contributed by atoms with E-state index in [0.29, 0.717) is 0 Å². The largest absolute Gasteiger partial charge is 0.381 e. The molecule has 0 aromatic carbocycles. The van der Waals surface area contributed by atoms with E-state index < -0.39 is 0 Å². The predicted octanol–water partition coefficient (Wildman–Crippen LogP) is 2.61. The number of aromatic nitrogens is 2. The Labute approximate surface area is 97.8 Å². The van der Waals surface area contributed by atoms with Gasteiger partial charge in [-0.05, 0) is 24.8 Å². The van der Waals surface area contributed by atoms with Crippen molar-refractivity contribution in [2.45, 2.75) is 45.6 Å². The molecule has 0 atom stereocenters. The molecule has 16 heavy (non-hydrogen) atoms. The first-order chi connectivity index (χ1) is 7.55. The highest BCUT2D eigenvalue weighted by molar-refractivity contribution is 5.10. The van der Waals surface area contributed by atoms with Crippen LogP contribution < -0.4 is 0 Å². The van der Waals surface area contributed by atoms with Gasteiger partial charge in [-0.25, -0.2) is 0 Å². The van der Waals surface area contributed by atoms with Gasteiger partial charge in [-0.1, -0.05) is 20.8 Å². The number of ether oxygens (including phenoxy) is 1. The zero-order chi connectivity index (χ0) is 11.6. The molecule has 0 aliphatic carbocycles. The highest BCUT2D eigenvalue weighted by Crippen LogP contribution is 2.21. The monoisotopic (exact) mass is 222 g/mol. The van der Waals surface area contributed by atoms with Crippen LogP contribution in [-0.2, 0) is 16.7 Å². The Morgan fingerprint density at radius 2 is 2.06 bits per heavy atom. The van der Waals surface area contributed by atoms with Gasteiger partial charge in [0.25, 0.3) is 0 Å². The van der Waals surface area contributed by atoms with E-state index in [-0.39, 0.29) is 5.41 Å². The third kappa shape index (κ3) is 2.85. The normalized spacial score (nSPS) is 18.9. The van der Waals surface area contributed by atoms with Gasteiger partial charge >= 0.3 is 0 Å². The molecular formula is C13H22N2O. The lowest BCUT2D eigenvalue weighted by Crippen LogP contribution is -2.21. The lowest BCUT2D eigenvalue weighted by Gasteiger charge is -2.22. The Kier molecular flexibility index (Phi) is 3.33. The Bertz CT molecular complexity index is 332. The summed E-state index contributed by atoms with van der Waals surface area (Å²) in [7, 11) is 0. The van der Waals surface area contributed by atoms with Crippen LogP contribution in [0.15, 0.2) is 12.3 Å². The standard InChI is InChI=1S/C13H22N2O/c1-13(2,3)12-4-7-15(14-12)10-11-5-8-16-9-6-11/h4,7,11H,5-6,8-10H2,1-3H3. The summed E-state index contributed by atoms with van der Waals surface area (Å²) in [6, 6.07) is 2.14. The summed E-state index contributed by atoms with van der Waals surface area (Å²) in [5, 5.41) is 4.65. The van der Waals surface area contributed by atoms with E-state index in [4.69, 9.17) is 4.74 Å². The second kappa shape index (κ2) is 4.58. The Balaban J connectivity index is 1.97. The number of hydrogen-bond acceptors (Lipinski definition) is 2.